The standard InChI is InChI=1S/C30H34IN5O9S/c1-43-25-7-9-26(10-8-25)46(41,42)35(14-16-37)15-17-44-29-19-22(21-2-4-23(31)5-3-21)18-27(45-29)30(38)33-13-12-32-28-11-6-24(20-34-28)36(39)40/h2-11,18,20,22,29,37H,12-17,19H2,1H3,(H,32,34)(H,33,38)/t22-,29+/m1/s1. The molecule has 2 heterocycles. The molecule has 0 spiro atoms. The van der Waals surface area contributed by atoms with Gasteiger partial charge in [0, 0.05) is 48.2 Å². The first-order valence-corrected chi connectivity index (χ1v) is 16.8. The number of aliphatic hydroxyl groups excluding tert-OH is 1. The van der Waals surface area contributed by atoms with Crippen molar-refractivity contribution in [2.24, 2.45) is 0 Å². The van der Waals surface area contributed by atoms with Crippen LogP contribution in [-0.4, -0.2) is 86.4 Å². The molecule has 2 aromatic carbocycles. The number of halogens is 1. The molecule has 0 saturated heterocycles. The lowest BCUT2D eigenvalue weighted by Gasteiger charge is -2.30. The van der Waals surface area contributed by atoms with Crippen molar-refractivity contribution < 1.29 is 37.5 Å². The van der Waals surface area contributed by atoms with E-state index in [-0.39, 0.29) is 55.1 Å². The number of anilines is 1. The van der Waals surface area contributed by atoms with Crippen LogP contribution in [0.5, 0.6) is 5.75 Å². The molecule has 3 aromatic rings. The molecule has 1 aliphatic rings. The van der Waals surface area contributed by atoms with Gasteiger partial charge in [-0.05, 0) is 76.7 Å². The maximum atomic E-state index is 13.3. The van der Waals surface area contributed by atoms with Crippen LogP contribution < -0.4 is 15.4 Å². The molecular formula is C30H34IN5O9S. The number of aromatic nitrogens is 1. The molecule has 246 valence electrons. The van der Waals surface area contributed by atoms with Gasteiger partial charge in [0.15, 0.2) is 5.76 Å². The molecule has 1 aliphatic heterocycles. The zero-order chi connectivity index (χ0) is 33.1. The number of methoxy groups -OCH3 is 1. The third kappa shape index (κ3) is 9.58. The van der Waals surface area contributed by atoms with E-state index in [4.69, 9.17) is 14.2 Å². The van der Waals surface area contributed by atoms with E-state index in [1.165, 1.54) is 31.4 Å². The van der Waals surface area contributed by atoms with Crippen LogP contribution in [0.1, 0.15) is 17.9 Å². The van der Waals surface area contributed by atoms with Gasteiger partial charge in [0.1, 0.15) is 17.8 Å². The first-order chi connectivity index (χ1) is 22.1. The van der Waals surface area contributed by atoms with Crippen LogP contribution in [0.3, 0.4) is 0 Å². The number of carbonyl (C=O) groups excluding carboxylic acids is 1. The van der Waals surface area contributed by atoms with E-state index in [1.807, 2.05) is 24.3 Å². The number of nitrogens with zero attached hydrogens (tertiary/aromatic N) is 3. The number of rotatable bonds is 16. The molecule has 0 saturated carbocycles. The SMILES string of the molecule is COc1ccc(S(=O)(=O)N(CCO)CCO[C@@H]2C[C@H](c3ccc(I)cc3)C=C(C(=O)NCCNc3ccc([N+](=O)[O-])cn3)O2)cc1. The van der Waals surface area contributed by atoms with Crippen molar-refractivity contribution in [2.75, 3.05) is 51.8 Å². The topological polar surface area (TPSA) is 182 Å². The third-order valence-corrected chi connectivity index (χ3v) is 9.58. The number of pyridine rings is 1. The molecule has 2 atom stereocenters. The van der Waals surface area contributed by atoms with Crippen LogP contribution in [-0.2, 0) is 24.3 Å². The summed E-state index contributed by atoms with van der Waals surface area (Å²) in [6, 6.07) is 16.6. The van der Waals surface area contributed by atoms with E-state index in [0.29, 0.717) is 24.5 Å². The molecule has 0 fully saturated rings. The Kier molecular flexibility index (Phi) is 12.7. The number of hydrogen-bond acceptors (Lipinski definition) is 11. The molecule has 0 radical (unpaired) electrons. The lowest BCUT2D eigenvalue weighted by molar-refractivity contribution is -0.385. The Bertz CT molecular complexity index is 1610. The van der Waals surface area contributed by atoms with Crippen molar-refractivity contribution >= 4 is 50.0 Å². The van der Waals surface area contributed by atoms with E-state index in [1.54, 1.807) is 18.2 Å². The fourth-order valence-corrected chi connectivity index (χ4v) is 6.33. The zero-order valence-corrected chi connectivity index (χ0v) is 27.8. The Morgan fingerprint density at radius 1 is 1.13 bits per heavy atom. The van der Waals surface area contributed by atoms with Gasteiger partial charge in [0.25, 0.3) is 11.6 Å². The summed E-state index contributed by atoms with van der Waals surface area (Å²) in [6.07, 6.45) is 2.41. The van der Waals surface area contributed by atoms with Crippen molar-refractivity contribution in [2.45, 2.75) is 23.5 Å². The van der Waals surface area contributed by atoms with Crippen LogP contribution >= 0.6 is 22.6 Å². The Morgan fingerprint density at radius 3 is 2.50 bits per heavy atom. The predicted molar refractivity (Wildman–Crippen MR) is 177 cm³/mol. The normalized spacial score (nSPS) is 16.3. The molecule has 4 rings (SSSR count). The lowest BCUT2D eigenvalue weighted by Crippen LogP contribution is -2.38. The fraction of sp³-hybridized carbons (Fsp3) is 0.333. The summed E-state index contributed by atoms with van der Waals surface area (Å²) in [5.41, 5.74) is 0.831. The largest absolute Gasteiger partial charge is 0.497 e. The fourth-order valence-electron chi connectivity index (χ4n) is 4.56. The Morgan fingerprint density at radius 2 is 1.87 bits per heavy atom. The van der Waals surface area contributed by atoms with Crippen LogP contribution in [0, 0.1) is 13.7 Å². The number of nitrogens with one attached hydrogen (secondary N) is 2. The van der Waals surface area contributed by atoms with Gasteiger partial charge in [-0.1, -0.05) is 12.1 Å². The van der Waals surface area contributed by atoms with Gasteiger partial charge < -0.3 is 30.0 Å². The second-order valence-electron chi connectivity index (χ2n) is 9.99. The number of sulfonamides is 1. The number of carbonyl (C=O) groups is 1. The number of nitro groups is 1. The highest BCUT2D eigenvalue weighted by Gasteiger charge is 2.30. The van der Waals surface area contributed by atoms with E-state index in [2.05, 4.69) is 38.2 Å². The quantitative estimate of drug-likeness (QED) is 0.0843. The number of aliphatic hydroxyl groups is 1. The third-order valence-electron chi connectivity index (χ3n) is 6.95. The number of benzene rings is 2. The molecule has 1 amide bonds. The van der Waals surface area contributed by atoms with Gasteiger partial charge in [-0.25, -0.2) is 13.4 Å². The monoisotopic (exact) mass is 767 g/mol. The van der Waals surface area contributed by atoms with E-state index >= 15 is 0 Å². The summed E-state index contributed by atoms with van der Waals surface area (Å²) in [6.45, 7) is -0.125. The first kappa shape index (κ1) is 35.0. The Hall–Kier alpha value is -3.84. The molecule has 3 N–H and O–H groups in total. The molecule has 16 heteroatoms. The van der Waals surface area contributed by atoms with Crippen LogP contribution in [0.4, 0.5) is 11.5 Å². The van der Waals surface area contributed by atoms with Crippen LogP contribution in [0.25, 0.3) is 0 Å². The van der Waals surface area contributed by atoms with E-state index < -0.39 is 27.1 Å². The number of ether oxygens (including phenoxy) is 3. The second-order valence-corrected chi connectivity index (χ2v) is 13.2. The van der Waals surface area contributed by atoms with Crippen molar-refractivity contribution in [3.05, 3.63) is 97.9 Å². The van der Waals surface area contributed by atoms with Crippen LogP contribution in [0.2, 0.25) is 0 Å². The van der Waals surface area contributed by atoms with E-state index in [0.717, 1.165) is 19.6 Å². The smallest absolute Gasteiger partial charge is 0.287 e. The zero-order valence-electron chi connectivity index (χ0n) is 24.9. The molecule has 14 nitrogen and oxygen atoms in total. The highest BCUT2D eigenvalue weighted by Crippen LogP contribution is 2.32. The van der Waals surface area contributed by atoms with E-state index in [9.17, 15) is 28.4 Å². The molecular weight excluding hydrogens is 733 g/mol. The van der Waals surface area contributed by atoms with Gasteiger partial charge in [-0.3, -0.25) is 14.9 Å². The number of allylic oxidation sites excluding steroid dienone is 1. The maximum absolute atomic E-state index is 13.3. The summed E-state index contributed by atoms with van der Waals surface area (Å²) in [7, 11) is -2.45. The molecule has 0 aliphatic carbocycles. The van der Waals surface area contributed by atoms with Gasteiger partial charge in [0.05, 0.1) is 30.1 Å². The summed E-state index contributed by atoms with van der Waals surface area (Å²) >= 11 is 2.21. The van der Waals surface area contributed by atoms with Crippen molar-refractivity contribution in [1.82, 2.24) is 14.6 Å². The van der Waals surface area contributed by atoms with Crippen LogP contribution in [0.15, 0.2) is 83.6 Å². The highest BCUT2D eigenvalue weighted by molar-refractivity contribution is 14.1. The number of amides is 1. The summed E-state index contributed by atoms with van der Waals surface area (Å²) < 4.78 is 45.7. The Balaban J connectivity index is 1.38. The molecule has 0 bridgehead atoms. The minimum Gasteiger partial charge on any atom is -0.497 e. The van der Waals surface area contributed by atoms with Gasteiger partial charge in [-0.2, -0.15) is 4.31 Å². The van der Waals surface area contributed by atoms with Crippen molar-refractivity contribution in [1.29, 1.82) is 0 Å². The average Bonchev–Trinajstić information content (AvgIpc) is 3.06. The predicted octanol–water partition coefficient (Wildman–Crippen LogP) is 3.25. The minimum atomic E-state index is -3.93. The molecule has 1 aromatic heterocycles. The Labute approximate surface area is 280 Å². The summed E-state index contributed by atoms with van der Waals surface area (Å²) in [4.78, 5) is 27.4. The van der Waals surface area contributed by atoms with Gasteiger partial charge in [0.2, 0.25) is 16.3 Å². The first-order valence-electron chi connectivity index (χ1n) is 14.2. The van der Waals surface area contributed by atoms with Crippen molar-refractivity contribution in [3.63, 3.8) is 0 Å². The highest BCUT2D eigenvalue weighted by atomic mass is 127. The average molecular weight is 768 g/mol. The maximum Gasteiger partial charge on any atom is 0.287 e. The number of hydrogen-bond donors (Lipinski definition) is 3. The molecule has 46 heavy (non-hydrogen) atoms. The second kappa shape index (κ2) is 16.6. The summed E-state index contributed by atoms with van der Waals surface area (Å²) in [5, 5.41) is 26.1. The summed E-state index contributed by atoms with van der Waals surface area (Å²) in [5.74, 6) is 0.316. The van der Waals surface area contributed by atoms with Gasteiger partial charge >= 0.3 is 0 Å². The van der Waals surface area contributed by atoms with Gasteiger partial charge in [-0.15, -0.1) is 0 Å². The minimum absolute atomic E-state index is 0.0511. The molecule has 0 unspecified atom stereocenters. The lowest BCUT2D eigenvalue weighted by atomic mass is 9.93. The van der Waals surface area contributed by atoms with Crippen molar-refractivity contribution in [3.8, 4) is 5.75 Å².